The lowest BCUT2D eigenvalue weighted by atomic mass is 10.1. The topological polar surface area (TPSA) is 36.9 Å². The minimum Gasteiger partial charge on any atom is -0.343 e. The van der Waals surface area contributed by atoms with Crippen molar-refractivity contribution in [2.75, 3.05) is 26.4 Å². The Morgan fingerprint density at radius 3 is 1.36 bits per heavy atom. The van der Waals surface area contributed by atoms with Crippen molar-refractivity contribution in [3.05, 3.63) is 0 Å². The second-order valence-electron chi connectivity index (χ2n) is 4.94. The van der Waals surface area contributed by atoms with E-state index in [4.69, 9.17) is 18.9 Å². The van der Waals surface area contributed by atoms with E-state index in [0.717, 1.165) is 11.8 Å². The summed E-state index contributed by atoms with van der Waals surface area (Å²) in [6.07, 6.45) is 0. The van der Waals surface area contributed by atoms with Gasteiger partial charge in [0.2, 0.25) is 11.6 Å². The fourth-order valence-corrected chi connectivity index (χ4v) is 4.14. The van der Waals surface area contributed by atoms with E-state index >= 15 is 0 Å². The van der Waals surface area contributed by atoms with E-state index in [1.807, 2.05) is 0 Å². The molecule has 6 fully saturated rings. The van der Waals surface area contributed by atoms with Crippen LogP contribution < -0.4 is 0 Å². The fraction of sp³-hybridized carbons (Fsp3) is 1.00. The van der Waals surface area contributed by atoms with E-state index in [2.05, 4.69) is 0 Å². The molecule has 2 spiro atoms. The lowest BCUT2D eigenvalue weighted by Crippen LogP contribution is -2.53. The van der Waals surface area contributed by atoms with Crippen LogP contribution in [0.2, 0.25) is 0 Å². The van der Waals surface area contributed by atoms with Gasteiger partial charge < -0.3 is 18.9 Å². The molecule has 6 rings (SSSR count). The van der Waals surface area contributed by atoms with Crippen molar-refractivity contribution in [2.24, 2.45) is 23.7 Å². The van der Waals surface area contributed by atoms with Crippen LogP contribution >= 0.6 is 0 Å². The molecule has 0 unspecified atom stereocenters. The van der Waals surface area contributed by atoms with Gasteiger partial charge in [0.05, 0.1) is 26.4 Å². The van der Waals surface area contributed by atoms with E-state index in [0.29, 0.717) is 38.3 Å². The third-order valence-electron chi connectivity index (χ3n) is 4.62. The minimum absolute atomic E-state index is 0.510. The molecule has 2 bridgehead atoms. The zero-order chi connectivity index (χ0) is 8.97. The van der Waals surface area contributed by atoms with Crippen LogP contribution in [0, 0.1) is 23.7 Å². The molecule has 4 aliphatic carbocycles. The Morgan fingerprint density at radius 1 is 0.643 bits per heavy atom. The van der Waals surface area contributed by atoms with Gasteiger partial charge in [-0.1, -0.05) is 0 Å². The van der Waals surface area contributed by atoms with Crippen molar-refractivity contribution in [2.45, 2.75) is 11.6 Å². The molecule has 6 aliphatic rings. The molecule has 0 aromatic heterocycles. The minimum atomic E-state index is -0.510. The van der Waals surface area contributed by atoms with Gasteiger partial charge >= 0.3 is 0 Å². The molecule has 0 N–H and O–H groups in total. The van der Waals surface area contributed by atoms with Crippen LogP contribution in [0.4, 0.5) is 0 Å². The quantitative estimate of drug-likeness (QED) is 0.545. The van der Waals surface area contributed by atoms with Crippen molar-refractivity contribution in [3.8, 4) is 0 Å². The second kappa shape index (κ2) is 1.78. The lowest BCUT2D eigenvalue weighted by Gasteiger charge is -2.35. The Hall–Kier alpha value is -0.160. The molecule has 4 saturated carbocycles. The summed E-state index contributed by atoms with van der Waals surface area (Å²) in [6, 6.07) is 0. The smallest absolute Gasteiger partial charge is 0.227 e. The van der Waals surface area contributed by atoms with Crippen LogP contribution in [-0.4, -0.2) is 38.0 Å². The first kappa shape index (κ1) is 7.17. The maximum atomic E-state index is 5.84. The van der Waals surface area contributed by atoms with E-state index in [1.54, 1.807) is 0 Å². The fourth-order valence-electron chi connectivity index (χ4n) is 4.14. The highest BCUT2D eigenvalue weighted by molar-refractivity contribution is 5.39. The maximum Gasteiger partial charge on any atom is 0.227 e. The second-order valence-corrected chi connectivity index (χ2v) is 4.94. The Morgan fingerprint density at radius 2 is 1.00 bits per heavy atom. The predicted octanol–water partition coefficient (Wildman–Crippen LogP) is -0.0218. The first-order valence-corrected chi connectivity index (χ1v) is 5.47. The van der Waals surface area contributed by atoms with E-state index in [-0.39, 0.29) is 0 Å². The number of ether oxygens (including phenoxy) is 4. The van der Waals surface area contributed by atoms with Crippen LogP contribution in [-0.2, 0) is 18.9 Å². The molecule has 4 nitrogen and oxygen atoms in total. The largest absolute Gasteiger partial charge is 0.343 e. The summed E-state index contributed by atoms with van der Waals surface area (Å²) in [6.45, 7) is 2.77. The van der Waals surface area contributed by atoms with Crippen molar-refractivity contribution in [1.82, 2.24) is 0 Å². The lowest BCUT2D eigenvalue weighted by molar-refractivity contribution is -0.333. The Bertz CT molecular complexity index is 276. The van der Waals surface area contributed by atoms with Gasteiger partial charge in [0.15, 0.2) is 0 Å². The molecule has 0 aromatic carbocycles. The molecule has 4 heteroatoms. The molecule has 2 saturated heterocycles. The maximum absolute atomic E-state index is 5.84. The van der Waals surface area contributed by atoms with Gasteiger partial charge in [0.25, 0.3) is 0 Å². The Labute approximate surface area is 81.4 Å². The number of hydrogen-bond donors (Lipinski definition) is 0. The summed E-state index contributed by atoms with van der Waals surface area (Å²) >= 11 is 0. The molecular weight excluding hydrogens is 184 g/mol. The molecule has 0 radical (unpaired) electrons. The van der Waals surface area contributed by atoms with Crippen LogP contribution in [0.1, 0.15) is 0 Å². The predicted molar refractivity (Wildman–Crippen MR) is 43.2 cm³/mol. The average Bonchev–Trinajstić information content (AvgIpc) is 2.86. The SMILES string of the molecule is C1COC2(O1)C1C3C1C3C21OCCO1. The van der Waals surface area contributed by atoms with Gasteiger partial charge in [-0.05, 0) is 11.8 Å². The molecule has 2 heterocycles. The van der Waals surface area contributed by atoms with Gasteiger partial charge in [-0.15, -0.1) is 0 Å². The van der Waals surface area contributed by atoms with Crippen LogP contribution in [0.25, 0.3) is 0 Å². The summed E-state index contributed by atoms with van der Waals surface area (Å²) in [5, 5.41) is 0. The standard InChI is InChI=1S/C10H12O4/c1-2-12-9(11-1)7-5-6(7)8(5)10(9)13-3-4-14-10/h5-8H,1-4H2. The highest BCUT2D eigenvalue weighted by Gasteiger charge is 2.99. The van der Waals surface area contributed by atoms with Crippen molar-refractivity contribution in [3.63, 3.8) is 0 Å². The van der Waals surface area contributed by atoms with Crippen LogP contribution in [0.5, 0.6) is 0 Å². The van der Waals surface area contributed by atoms with E-state index < -0.39 is 11.6 Å². The van der Waals surface area contributed by atoms with Crippen LogP contribution in [0.3, 0.4) is 0 Å². The molecule has 14 heavy (non-hydrogen) atoms. The summed E-state index contributed by atoms with van der Waals surface area (Å²) in [4.78, 5) is 0. The highest BCUT2D eigenvalue weighted by Crippen LogP contribution is 2.90. The molecular formula is C10H12O4. The summed E-state index contributed by atoms with van der Waals surface area (Å²) < 4.78 is 23.4. The Kier molecular flexibility index (Phi) is 0.909. The highest BCUT2D eigenvalue weighted by atomic mass is 16.8. The zero-order valence-electron chi connectivity index (χ0n) is 7.77. The van der Waals surface area contributed by atoms with Gasteiger partial charge in [-0.3, -0.25) is 0 Å². The third kappa shape index (κ3) is 0.463. The summed E-state index contributed by atoms with van der Waals surface area (Å²) in [5.74, 6) is 1.70. The van der Waals surface area contributed by atoms with E-state index in [1.165, 1.54) is 0 Å². The number of hydrogen-bond acceptors (Lipinski definition) is 4. The van der Waals surface area contributed by atoms with Gasteiger partial charge in [0.1, 0.15) is 0 Å². The summed E-state index contributed by atoms with van der Waals surface area (Å²) in [7, 11) is 0. The zero-order valence-corrected chi connectivity index (χ0v) is 7.77. The molecule has 2 aliphatic heterocycles. The van der Waals surface area contributed by atoms with Gasteiger partial charge in [0, 0.05) is 11.8 Å². The summed E-state index contributed by atoms with van der Waals surface area (Å²) in [5.41, 5.74) is 0. The molecule has 0 amide bonds. The number of rotatable bonds is 0. The van der Waals surface area contributed by atoms with Crippen molar-refractivity contribution in [1.29, 1.82) is 0 Å². The molecule has 0 atom stereocenters. The van der Waals surface area contributed by atoms with Crippen molar-refractivity contribution < 1.29 is 18.9 Å². The van der Waals surface area contributed by atoms with Crippen molar-refractivity contribution >= 4 is 0 Å². The van der Waals surface area contributed by atoms with Gasteiger partial charge in [-0.25, -0.2) is 0 Å². The Balaban J connectivity index is 1.69. The van der Waals surface area contributed by atoms with Crippen LogP contribution in [0.15, 0.2) is 0 Å². The first-order chi connectivity index (χ1) is 6.91. The normalized spacial score (nSPS) is 58.3. The first-order valence-electron chi connectivity index (χ1n) is 5.47. The molecule has 76 valence electrons. The van der Waals surface area contributed by atoms with E-state index in [9.17, 15) is 0 Å². The third-order valence-corrected chi connectivity index (χ3v) is 4.62. The van der Waals surface area contributed by atoms with Gasteiger partial charge in [-0.2, -0.15) is 0 Å². The monoisotopic (exact) mass is 196 g/mol. The molecule has 0 aromatic rings. The average molecular weight is 196 g/mol.